The van der Waals surface area contributed by atoms with E-state index in [2.05, 4.69) is 26.6 Å². The van der Waals surface area contributed by atoms with Crippen molar-refractivity contribution in [1.82, 2.24) is 19.9 Å². The molecule has 4 rings (SSSR count). The monoisotopic (exact) mass is 409 g/mol. The molecule has 0 saturated carbocycles. The summed E-state index contributed by atoms with van der Waals surface area (Å²) in [5.41, 5.74) is 4.27. The van der Waals surface area contributed by atoms with Crippen molar-refractivity contribution < 1.29 is 13.9 Å². The molecule has 1 aromatic heterocycles. The van der Waals surface area contributed by atoms with Crippen molar-refractivity contribution in [2.75, 3.05) is 32.1 Å². The highest BCUT2D eigenvalue weighted by Gasteiger charge is 2.23. The number of methoxy groups -OCH3 is 1. The molecule has 2 heterocycles. The average molecular weight is 409 g/mol. The van der Waals surface area contributed by atoms with Gasteiger partial charge in [-0.1, -0.05) is 29.5 Å². The quantitative estimate of drug-likeness (QED) is 0.678. The molecule has 0 radical (unpaired) electrons. The fraction of sp³-hybridized carbons (Fsp3) is 0.318. The SMILES string of the molecule is COCCN1CCc2c(cccc2-n2nnc(C(=O)Nc3ccccc3F)c2C)C1. The van der Waals surface area contributed by atoms with E-state index in [0.717, 1.165) is 31.7 Å². The minimum Gasteiger partial charge on any atom is -0.383 e. The molecule has 1 aliphatic rings. The lowest BCUT2D eigenvalue weighted by Gasteiger charge is -2.29. The molecule has 156 valence electrons. The zero-order valence-electron chi connectivity index (χ0n) is 17.1. The smallest absolute Gasteiger partial charge is 0.278 e. The Hall–Kier alpha value is -3.10. The number of nitrogens with one attached hydrogen (secondary N) is 1. The van der Waals surface area contributed by atoms with Crippen LogP contribution >= 0.6 is 0 Å². The number of amides is 1. The highest BCUT2D eigenvalue weighted by Crippen LogP contribution is 2.26. The molecule has 1 N–H and O–H groups in total. The van der Waals surface area contributed by atoms with E-state index in [9.17, 15) is 9.18 Å². The number of aromatic nitrogens is 3. The standard InChI is InChI=1S/C22H24FN5O2/c1-15-21(22(29)24-19-8-4-3-7-18(19)23)25-26-28(15)20-9-5-6-16-14-27(12-13-30-2)11-10-17(16)20/h3-9H,10-14H2,1-2H3,(H,24,29). The van der Waals surface area contributed by atoms with Gasteiger partial charge in [0.25, 0.3) is 5.91 Å². The molecule has 0 saturated heterocycles. The van der Waals surface area contributed by atoms with E-state index in [1.54, 1.807) is 30.8 Å². The first-order chi connectivity index (χ1) is 14.6. The first-order valence-corrected chi connectivity index (χ1v) is 9.89. The Kier molecular flexibility index (Phi) is 5.87. The highest BCUT2D eigenvalue weighted by atomic mass is 19.1. The molecule has 0 spiro atoms. The second-order valence-electron chi connectivity index (χ2n) is 7.30. The number of ether oxygens (including phenoxy) is 1. The lowest BCUT2D eigenvalue weighted by atomic mass is 9.97. The van der Waals surface area contributed by atoms with Crippen molar-refractivity contribution in [3.63, 3.8) is 0 Å². The van der Waals surface area contributed by atoms with Gasteiger partial charge >= 0.3 is 0 Å². The van der Waals surface area contributed by atoms with Crippen molar-refractivity contribution >= 4 is 11.6 Å². The van der Waals surface area contributed by atoms with Crippen LogP contribution in [0.4, 0.5) is 10.1 Å². The van der Waals surface area contributed by atoms with Gasteiger partial charge in [-0.3, -0.25) is 9.69 Å². The molecule has 30 heavy (non-hydrogen) atoms. The number of fused-ring (bicyclic) bond motifs is 1. The van der Waals surface area contributed by atoms with Gasteiger partial charge in [0, 0.05) is 26.7 Å². The molecule has 0 fully saturated rings. The van der Waals surface area contributed by atoms with Crippen LogP contribution in [0.5, 0.6) is 0 Å². The van der Waals surface area contributed by atoms with Crippen LogP contribution in [0.3, 0.4) is 0 Å². The van der Waals surface area contributed by atoms with Gasteiger partial charge in [-0.2, -0.15) is 0 Å². The van der Waals surface area contributed by atoms with Crippen molar-refractivity contribution in [2.24, 2.45) is 0 Å². The van der Waals surface area contributed by atoms with Gasteiger partial charge in [0.1, 0.15) is 5.82 Å². The van der Waals surface area contributed by atoms with E-state index < -0.39 is 11.7 Å². The lowest BCUT2D eigenvalue weighted by Crippen LogP contribution is -2.33. The minimum atomic E-state index is -0.494. The Morgan fingerprint density at radius 1 is 1.23 bits per heavy atom. The zero-order chi connectivity index (χ0) is 21.1. The van der Waals surface area contributed by atoms with Crippen molar-refractivity contribution in [3.8, 4) is 5.69 Å². The molecular weight excluding hydrogens is 385 g/mol. The number of nitrogens with zero attached hydrogens (tertiary/aromatic N) is 4. The number of hydrogen-bond acceptors (Lipinski definition) is 5. The number of carbonyl (C=O) groups excluding carboxylic acids is 1. The summed E-state index contributed by atoms with van der Waals surface area (Å²) < 4.78 is 20.8. The molecule has 0 unspecified atom stereocenters. The molecule has 1 aliphatic heterocycles. The van der Waals surface area contributed by atoms with Crippen LogP contribution < -0.4 is 5.32 Å². The van der Waals surface area contributed by atoms with Gasteiger partial charge in [0.05, 0.1) is 23.7 Å². The maximum absolute atomic E-state index is 13.9. The van der Waals surface area contributed by atoms with Crippen LogP contribution in [-0.4, -0.2) is 52.6 Å². The van der Waals surface area contributed by atoms with E-state index in [0.29, 0.717) is 12.3 Å². The van der Waals surface area contributed by atoms with Gasteiger partial charge < -0.3 is 10.1 Å². The minimum absolute atomic E-state index is 0.115. The normalized spacial score (nSPS) is 13.8. The fourth-order valence-corrected chi connectivity index (χ4v) is 3.77. The fourth-order valence-electron chi connectivity index (χ4n) is 3.77. The number of hydrogen-bond donors (Lipinski definition) is 1. The Morgan fingerprint density at radius 2 is 2.07 bits per heavy atom. The predicted octanol–water partition coefficient (Wildman–Crippen LogP) is 2.97. The Labute approximate surface area is 174 Å². The zero-order valence-corrected chi connectivity index (χ0v) is 17.1. The van der Waals surface area contributed by atoms with Gasteiger partial charge in [-0.25, -0.2) is 9.07 Å². The number of halogens is 1. The van der Waals surface area contributed by atoms with Crippen LogP contribution in [0.15, 0.2) is 42.5 Å². The summed E-state index contributed by atoms with van der Waals surface area (Å²) in [5.74, 6) is -0.981. The summed E-state index contributed by atoms with van der Waals surface area (Å²) in [6, 6.07) is 12.1. The van der Waals surface area contributed by atoms with Gasteiger partial charge in [-0.05, 0) is 42.7 Å². The third-order valence-electron chi connectivity index (χ3n) is 5.39. The number of carbonyl (C=O) groups is 1. The van der Waals surface area contributed by atoms with Crippen LogP contribution in [-0.2, 0) is 17.7 Å². The molecular formula is C22H24FN5O2. The molecule has 1 amide bonds. The molecule has 0 atom stereocenters. The van der Waals surface area contributed by atoms with Gasteiger partial charge in [-0.15, -0.1) is 5.10 Å². The Bertz CT molecular complexity index is 1070. The maximum atomic E-state index is 13.9. The van der Waals surface area contributed by atoms with Gasteiger partial charge in [0.2, 0.25) is 0 Å². The van der Waals surface area contributed by atoms with Gasteiger partial charge in [0.15, 0.2) is 5.69 Å². The van der Waals surface area contributed by atoms with E-state index in [4.69, 9.17) is 4.74 Å². The second kappa shape index (κ2) is 8.73. The largest absolute Gasteiger partial charge is 0.383 e. The van der Waals surface area contributed by atoms with E-state index >= 15 is 0 Å². The predicted molar refractivity (Wildman–Crippen MR) is 111 cm³/mol. The summed E-state index contributed by atoms with van der Waals surface area (Å²) in [5, 5.41) is 10.9. The van der Waals surface area contributed by atoms with E-state index in [1.165, 1.54) is 23.3 Å². The number of para-hydroxylation sites is 1. The molecule has 0 aliphatic carbocycles. The van der Waals surface area contributed by atoms with Crippen molar-refractivity contribution in [1.29, 1.82) is 0 Å². The van der Waals surface area contributed by atoms with E-state index in [1.807, 2.05) is 12.1 Å². The molecule has 3 aromatic rings. The van der Waals surface area contributed by atoms with Crippen molar-refractivity contribution in [3.05, 3.63) is 70.8 Å². The summed E-state index contributed by atoms with van der Waals surface area (Å²) in [6.07, 6.45) is 0.880. The molecule has 7 nitrogen and oxygen atoms in total. The third kappa shape index (κ3) is 3.96. The highest BCUT2D eigenvalue weighted by molar-refractivity contribution is 6.03. The lowest BCUT2D eigenvalue weighted by molar-refractivity contribution is 0.102. The third-order valence-corrected chi connectivity index (χ3v) is 5.39. The molecule has 2 aromatic carbocycles. The summed E-state index contributed by atoms with van der Waals surface area (Å²) in [4.78, 5) is 15.0. The van der Waals surface area contributed by atoms with Crippen LogP contribution in [0.1, 0.15) is 27.3 Å². The first kappa shape index (κ1) is 20.2. The second-order valence-corrected chi connectivity index (χ2v) is 7.30. The first-order valence-electron chi connectivity index (χ1n) is 9.89. The summed E-state index contributed by atoms with van der Waals surface area (Å²) in [7, 11) is 1.71. The van der Waals surface area contributed by atoms with Crippen molar-refractivity contribution in [2.45, 2.75) is 19.9 Å². The number of anilines is 1. The van der Waals surface area contributed by atoms with Crippen LogP contribution in [0, 0.1) is 12.7 Å². The van der Waals surface area contributed by atoms with E-state index in [-0.39, 0.29) is 11.4 Å². The van der Waals surface area contributed by atoms with Crippen LogP contribution in [0.2, 0.25) is 0 Å². The summed E-state index contributed by atoms with van der Waals surface area (Å²) in [6.45, 7) is 5.17. The number of rotatable bonds is 6. The average Bonchev–Trinajstić information content (AvgIpc) is 3.14. The summed E-state index contributed by atoms with van der Waals surface area (Å²) >= 11 is 0. The Balaban J connectivity index is 1.59. The Morgan fingerprint density at radius 3 is 2.87 bits per heavy atom. The molecule has 8 heteroatoms. The topological polar surface area (TPSA) is 72.3 Å². The molecule has 0 bridgehead atoms. The van der Waals surface area contributed by atoms with Crippen LogP contribution in [0.25, 0.3) is 5.69 Å². The maximum Gasteiger partial charge on any atom is 0.278 e. The number of benzene rings is 2.